The van der Waals surface area contributed by atoms with E-state index in [2.05, 4.69) is 0 Å². The molecule has 2 atom stereocenters. The molecule has 62 valence electrons. The van der Waals surface area contributed by atoms with Gasteiger partial charge in [-0.3, -0.25) is 4.79 Å². The summed E-state index contributed by atoms with van der Waals surface area (Å²) in [6.07, 6.45) is 0.508. The maximum absolute atomic E-state index is 11.0. The van der Waals surface area contributed by atoms with Gasteiger partial charge in [0.05, 0.1) is 6.42 Å². The summed E-state index contributed by atoms with van der Waals surface area (Å²) in [5.74, 6) is -0.147. The molecule has 0 bridgehead atoms. The van der Waals surface area contributed by atoms with Gasteiger partial charge in [-0.2, -0.15) is 0 Å². The van der Waals surface area contributed by atoms with Crippen molar-refractivity contribution in [2.24, 2.45) is 0 Å². The molecule has 0 saturated carbocycles. The summed E-state index contributed by atoms with van der Waals surface area (Å²) < 4.78 is 10.5. The molecule has 2 rings (SSSR count). The molecule has 2 heterocycles. The third kappa shape index (κ3) is 0.872. The first-order valence-corrected chi connectivity index (χ1v) is 3.84. The molecule has 0 radical (unpaired) electrons. The van der Waals surface area contributed by atoms with Gasteiger partial charge in [-0.05, 0) is 20.8 Å². The van der Waals surface area contributed by atoms with E-state index in [9.17, 15) is 4.79 Å². The Balaban J connectivity index is 2.24. The summed E-state index contributed by atoms with van der Waals surface area (Å²) in [7, 11) is 0. The Morgan fingerprint density at radius 2 is 2.09 bits per heavy atom. The summed E-state index contributed by atoms with van der Waals surface area (Å²) in [6, 6.07) is 0. The molecule has 11 heavy (non-hydrogen) atoms. The van der Waals surface area contributed by atoms with Gasteiger partial charge < -0.3 is 9.47 Å². The molecule has 0 spiro atoms. The van der Waals surface area contributed by atoms with Gasteiger partial charge in [0.2, 0.25) is 0 Å². The molecular weight excluding hydrogens is 144 g/mol. The van der Waals surface area contributed by atoms with Crippen LogP contribution in [0.15, 0.2) is 0 Å². The highest BCUT2D eigenvalue weighted by molar-refractivity contribution is 5.73. The molecule has 0 aliphatic carbocycles. The van der Waals surface area contributed by atoms with Crippen LogP contribution in [0, 0.1) is 0 Å². The third-order valence-electron chi connectivity index (χ3n) is 2.39. The van der Waals surface area contributed by atoms with Gasteiger partial charge in [0.25, 0.3) is 0 Å². The summed E-state index contributed by atoms with van der Waals surface area (Å²) in [4.78, 5) is 11.0. The Bertz CT molecular complexity index is 221. The van der Waals surface area contributed by atoms with Gasteiger partial charge in [0.15, 0.2) is 0 Å². The standard InChI is InChI=1S/C8H12O3/c1-7(2)6-8(3,11-6)4-5(9)10-7/h6H,4H2,1-3H3. The monoisotopic (exact) mass is 156 g/mol. The predicted molar refractivity (Wildman–Crippen MR) is 38.1 cm³/mol. The van der Waals surface area contributed by atoms with E-state index in [-0.39, 0.29) is 17.7 Å². The number of fused-ring (bicyclic) bond motifs is 1. The van der Waals surface area contributed by atoms with Gasteiger partial charge in [0.1, 0.15) is 17.3 Å². The van der Waals surface area contributed by atoms with Gasteiger partial charge in [0, 0.05) is 0 Å². The highest BCUT2D eigenvalue weighted by Crippen LogP contribution is 2.50. The molecule has 3 heteroatoms. The van der Waals surface area contributed by atoms with Crippen molar-refractivity contribution in [3.63, 3.8) is 0 Å². The maximum Gasteiger partial charge on any atom is 0.309 e. The van der Waals surface area contributed by atoms with E-state index < -0.39 is 5.60 Å². The van der Waals surface area contributed by atoms with Crippen molar-refractivity contribution < 1.29 is 14.3 Å². The van der Waals surface area contributed by atoms with Crippen LogP contribution in [0.5, 0.6) is 0 Å². The molecule has 0 aromatic rings. The van der Waals surface area contributed by atoms with Crippen LogP contribution in [0.3, 0.4) is 0 Å². The first-order valence-electron chi connectivity index (χ1n) is 3.84. The number of cyclic esters (lactones) is 1. The Morgan fingerprint density at radius 1 is 1.45 bits per heavy atom. The van der Waals surface area contributed by atoms with Crippen molar-refractivity contribution in [1.82, 2.24) is 0 Å². The van der Waals surface area contributed by atoms with Crippen LogP contribution < -0.4 is 0 Å². The Hall–Kier alpha value is -0.570. The lowest BCUT2D eigenvalue weighted by molar-refractivity contribution is -0.161. The van der Waals surface area contributed by atoms with Gasteiger partial charge >= 0.3 is 5.97 Å². The highest BCUT2D eigenvalue weighted by atomic mass is 16.7. The molecule has 2 aliphatic heterocycles. The van der Waals surface area contributed by atoms with Crippen molar-refractivity contribution in [1.29, 1.82) is 0 Å². The predicted octanol–water partition coefficient (Wildman–Crippen LogP) is 0.869. The first kappa shape index (κ1) is 7.10. The minimum absolute atomic E-state index is 0.104. The van der Waals surface area contributed by atoms with Crippen molar-refractivity contribution >= 4 is 5.97 Å². The van der Waals surface area contributed by atoms with Crippen LogP contribution in [0.1, 0.15) is 27.2 Å². The second-order valence-electron chi connectivity index (χ2n) is 4.06. The molecule has 2 aliphatic rings. The Labute approximate surface area is 65.7 Å². The zero-order valence-electron chi connectivity index (χ0n) is 7.01. The number of ether oxygens (including phenoxy) is 2. The minimum Gasteiger partial charge on any atom is -0.457 e. The average Bonchev–Trinajstić information content (AvgIpc) is 2.37. The largest absolute Gasteiger partial charge is 0.457 e. The van der Waals surface area contributed by atoms with Crippen LogP contribution >= 0.6 is 0 Å². The molecule has 2 fully saturated rings. The third-order valence-corrected chi connectivity index (χ3v) is 2.39. The van der Waals surface area contributed by atoms with Crippen LogP contribution in [-0.2, 0) is 14.3 Å². The lowest BCUT2D eigenvalue weighted by Gasteiger charge is -2.28. The van der Waals surface area contributed by atoms with Crippen LogP contribution in [0.2, 0.25) is 0 Å². The molecule has 2 saturated heterocycles. The maximum atomic E-state index is 11.0. The summed E-state index contributed by atoms with van der Waals surface area (Å²) >= 11 is 0. The van der Waals surface area contributed by atoms with Gasteiger partial charge in [-0.1, -0.05) is 0 Å². The summed E-state index contributed by atoms with van der Waals surface area (Å²) in [5, 5.41) is 0. The fourth-order valence-electron chi connectivity index (χ4n) is 1.92. The Kier molecular flexibility index (Phi) is 1.04. The number of epoxide rings is 1. The van der Waals surface area contributed by atoms with Crippen LogP contribution in [0.4, 0.5) is 0 Å². The van der Waals surface area contributed by atoms with E-state index in [0.29, 0.717) is 6.42 Å². The topological polar surface area (TPSA) is 38.8 Å². The smallest absolute Gasteiger partial charge is 0.309 e. The normalized spacial score (nSPS) is 46.1. The molecule has 0 aromatic heterocycles. The number of carbonyl (C=O) groups is 1. The summed E-state index contributed by atoms with van der Waals surface area (Å²) in [5.41, 5.74) is -0.650. The lowest BCUT2D eigenvalue weighted by Crippen LogP contribution is -2.43. The minimum atomic E-state index is -0.427. The van der Waals surface area contributed by atoms with Crippen molar-refractivity contribution in [3.8, 4) is 0 Å². The average molecular weight is 156 g/mol. The molecule has 0 N–H and O–H groups in total. The second kappa shape index (κ2) is 1.61. The van der Waals surface area contributed by atoms with E-state index in [4.69, 9.17) is 9.47 Å². The molecular formula is C8H12O3. The van der Waals surface area contributed by atoms with Crippen LogP contribution in [-0.4, -0.2) is 23.3 Å². The quantitative estimate of drug-likeness (QED) is 0.386. The van der Waals surface area contributed by atoms with E-state index in [1.807, 2.05) is 20.8 Å². The SMILES string of the molecule is CC1(C)OC(=O)CC2(C)OC12. The molecule has 0 aromatic carbocycles. The van der Waals surface area contributed by atoms with E-state index in [1.54, 1.807) is 0 Å². The molecule has 2 unspecified atom stereocenters. The van der Waals surface area contributed by atoms with Crippen molar-refractivity contribution in [2.45, 2.75) is 44.5 Å². The van der Waals surface area contributed by atoms with Crippen molar-refractivity contribution in [2.75, 3.05) is 0 Å². The summed E-state index contributed by atoms with van der Waals surface area (Å²) in [6.45, 7) is 5.74. The lowest BCUT2D eigenvalue weighted by atomic mass is 9.90. The van der Waals surface area contributed by atoms with Gasteiger partial charge in [-0.25, -0.2) is 0 Å². The zero-order valence-corrected chi connectivity index (χ0v) is 7.01. The fraction of sp³-hybridized carbons (Fsp3) is 0.875. The second-order valence-corrected chi connectivity index (χ2v) is 4.06. The number of carbonyl (C=O) groups excluding carboxylic acids is 1. The van der Waals surface area contributed by atoms with Gasteiger partial charge in [-0.15, -0.1) is 0 Å². The number of esters is 1. The van der Waals surface area contributed by atoms with E-state index >= 15 is 0 Å². The first-order chi connectivity index (χ1) is 4.94. The molecule has 0 amide bonds. The van der Waals surface area contributed by atoms with E-state index in [0.717, 1.165) is 0 Å². The van der Waals surface area contributed by atoms with Crippen molar-refractivity contribution in [3.05, 3.63) is 0 Å². The van der Waals surface area contributed by atoms with E-state index in [1.165, 1.54) is 0 Å². The zero-order chi connectivity index (χ0) is 8.28. The number of hydrogen-bond acceptors (Lipinski definition) is 3. The Morgan fingerprint density at radius 3 is 2.64 bits per heavy atom. The highest BCUT2D eigenvalue weighted by Gasteiger charge is 2.65. The van der Waals surface area contributed by atoms with Crippen LogP contribution in [0.25, 0.3) is 0 Å². The number of rotatable bonds is 0. The molecule has 3 nitrogen and oxygen atoms in total. The number of hydrogen-bond donors (Lipinski definition) is 0. The fourth-order valence-corrected chi connectivity index (χ4v) is 1.92.